The van der Waals surface area contributed by atoms with Crippen LogP contribution in [0.3, 0.4) is 0 Å². The van der Waals surface area contributed by atoms with Crippen molar-refractivity contribution in [3.05, 3.63) is 29.8 Å². The van der Waals surface area contributed by atoms with E-state index >= 15 is 0 Å². The zero-order valence-corrected chi connectivity index (χ0v) is 20.2. The fourth-order valence-corrected chi connectivity index (χ4v) is 3.43. The van der Waals surface area contributed by atoms with E-state index < -0.39 is 17.9 Å². The van der Waals surface area contributed by atoms with E-state index in [1.807, 2.05) is 20.8 Å². The van der Waals surface area contributed by atoms with Gasteiger partial charge in [-0.3, -0.25) is 19.7 Å². The van der Waals surface area contributed by atoms with Crippen LogP contribution < -0.4 is 15.4 Å². The Morgan fingerprint density at radius 1 is 1.27 bits per heavy atom. The number of piperazine rings is 1. The summed E-state index contributed by atoms with van der Waals surface area (Å²) >= 11 is 5.40. The summed E-state index contributed by atoms with van der Waals surface area (Å²) < 4.78 is 16.1. The maximum atomic E-state index is 12.7. The normalized spacial score (nSPS) is 15.7. The molecular weight excluding hydrogens is 446 g/mol. The molecule has 0 spiro atoms. The molecule has 10 heteroatoms. The maximum Gasteiger partial charge on any atom is 0.308 e. The van der Waals surface area contributed by atoms with Gasteiger partial charge in [0.05, 0.1) is 19.6 Å². The summed E-state index contributed by atoms with van der Waals surface area (Å²) in [5.41, 5.74) is 0.359. The molecule has 1 saturated heterocycles. The predicted molar refractivity (Wildman–Crippen MR) is 127 cm³/mol. The van der Waals surface area contributed by atoms with Crippen molar-refractivity contribution in [2.75, 3.05) is 39.5 Å². The lowest BCUT2D eigenvalue weighted by Gasteiger charge is -2.36. The lowest BCUT2D eigenvalue weighted by Crippen LogP contribution is -2.60. The molecule has 1 atom stereocenters. The third-order valence-corrected chi connectivity index (χ3v) is 5.26. The molecule has 1 aromatic carbocycles. The molecule has 1 unspecified atom stereocenters. The summed E-state index contributed by atoms with van der Waals surface area (Å²) in [6.45, 7) is 8.43. The minimum atomic E-state index is -0.841. The van der Waals surface area contributed by atoms with E-state index in [1.54, 1.807) is 29.2 Å². The Morgan fingerprint density at radius 2 is 2.06 bits per heavy atom. The Bertz CT molecular complexity index is 832. The van der Waals surface area contributed by atoms with Crippen LogP contribution in [-0.2, 0) is 19.1 Å². The maximum absolute atomic E-state index is 12.7. The van der Waals surface area contributed by atoms with Gasteiger partial charge in [0.2, 0.25) is 5.91 Å². The van der Waals surface area contributed by atoms with E-state index in [0.717, 1.165) is 6.42 Å². The number of thiocarbonyl (C=S) groups is 1. The summed E-state index contributed by atoms with van der Waals surface area (Å²) in [5.74, 6) is -0.298. The zero-order chi connectivity index (χ0) is 24.2. The number of hydrogen-bond acceptors (Lipinski definition) is 7. The molecule has 1 aliphatic rings. The van der Waals surface area contributed by atoms with Crippen molar-refractivity contribution in [3.63, 3.8) is 0 Å². The fraction of sp³-hybridized carbons (Fsp3) is 0.565. The van der Waals surface area contributed by atoms with Crippen LogP contribution in [0, 0.1) is 5.92 Å². The first-order chi connectivity index (χ1) is 15.8. The highest BCUT2D eigenvalue weighted by Crippen LogP contribution is 2.15. The number of nitrogens with one attached hydrogen (secondary N) is 2. The van der Waals surface area contributed by atoms with Gasteiger partial charge in [-0.25, -0.2) is 0 Å². The van der Waals surface area contributed by atoms with Crippen molar-refractivity contribution in [3.8, 4) is 5.75 Å². The molecule has 0 saturated carbocycles. The molecule has 182 valence electrons. The standard InChI is InChI=1S/C23H33N3O6S/c1-4-30-12-13-31-18-7-5-6-17(14-18)21(28)25-23(33)26-10-9-24-22(29)19(26)15-20(27)32-11-8-16(2)3/h5-7,14,16,19H,4,8-13,15H2,1-3H3,(H,24,29)(H,25,28,33). The third-order valence-electron chi connectivity index (χ3n) is 4.93. The van der Waals surface area contributed by atoms with E-state index in [-0.39, 0.29) is 17.4 Å². The van der Waals surface area contributed by atoms with Crippen molar-refractivity contribution in [2.24, 2.45) is 5.92 Å². The molecular formula is C23H33N3O6S. The van der Waals surface area contributed by atoms with Crippen LogP contribution in [0.4, 0.5) is 0 Å². The van der Waals surface area contributed by atoms with Crippen molar-refractivity contribution in [1.82, 2.24) is 15.5 Å². The second-order valence-corrected chi connectivity index (χ2v) is 8.33. The van der Waals surface area contributed by atoms with E-state index in [1.165, 1.54) is 0 Å². The van der Waals surface area contributed by atoms with Crippen LogP contribution in [0.5, 0.6) is 5.75 Å². The second-order valence-electron chi connectivity index (χ2n) is 7.94. The molecule has 1 aliphatic heterocycles. The van der Waals surface area contributed by atoms with Crippen LogP contribution in [0.25, 0.3) is 0 Å². The molecule has 0 aromatic heterocycles. The van der Waals surface area contributed by atoms with Crippen LogP contribution in [0.1, 0.15) is 44.0 Å². The lowest BCUT2D eigenvalue weighted by atomic mass is 10.1. The summed E-state index contributed by atoms with van der Waals surface area (Å²) in [4.78, 5) is 38.9. The van der Waals surface area contributed by atoms with Crippen LogP contribution in [-0.4, -0.2) is 73.4 Å². The summed E-state index contributed by atoms with van der Waals surface area (Å²) in [7, 11) is 0. The van der Waals surface area contributed by atoms with Gasteiger partial charge in [0.25, 0.3) is 5.91 Å². The summed E-state index contributed by atoms with van der Waals surface area (Å²) in [5, 5.41) is 5.47. The molecule has 2 amide bonds. The van der Waals surface area contributed by atoms with Gasteiger partial charge >= 0.3 is 5.97 Å². The highest BCUT2D eigenvalue weighted by atomic mass is 32.1. The highest BCUT2D eigenvalue weighted by molar-refractivity contribution is 7.80. The Hall–Kier alpha value is -2.72. The van der Waals surface area contributed by atoms with Crippen molar-refractivity contribution in [2.45, 2.75) is 39.7 Å². The van der Waals surface area contributed by atoms with Gasteiger partial charge in [-0.1, -0.05) is 19.9 Å². The van der Waals surface area contributed by atoms with E-state index in [9.17, 15) is 14.4 Å². The first kappa shape index (κ1) is 26.5. The highest BCUT2D eigenvalue weighted by Gasteiger charge is 2.34. The number of ether oxygens (including phenoxy) is 3. The number of carbonyl (C=O) groups is 3. The molecule has 0 radical (unpaired) electrons. The van der Waals surface area contributed by atoms with Crippen LogP contribution in [0.2, 0.25) is 0 Å². The van der Waals surface area contributed by atoms with Gasteiger partial charge in [0.1, 0.15) is 18.4 Å². The molecule has 9 nitrogen and oxygen atoms in total. The van der Waals surface area contributed by atoms with E-state index in [4.69, 9.17) is 26.4 Å². The minimum absolute atomic E-state index is 0.0810. The number of benzene rings is 1. The fourth-order valence-electron chi connectivity index (χ4n) is 3.12. The number of nitrogens with zero attached hydrogens (tertiary/aromatic N) is 1. The molecule has 1 aromatic rings. The quantitative estimate of drug-likeness (QED) is 0.282. The van der Waals surface area contributed by atoms with Gasteiger partial charge in [-0.15, -0.1) is 0 Å². The van der Waals surface area contributed by atoms with Gasteiger partial charge in [0.15, 0.2) is 5.11 Å². The van der Waals surface area contributed by atoms with Crippen molar-refractivity contribution in [1.29, 1.82) is 0 Å². The van der Waals surface area contributed by atoms with Gasteiger partial charge in [-0.05, 0) is 49.7 Å². The average Bonchev–Trinajstić information content (AvgIpc) is 2.78. The van der Waals surface area contributed by atoms with E-state index in [0.29, 0.717) is 56.7 Å². The number of hydrogen-bond donors (Lipinski definition) is 2. The Kier molecular flexibility index (Phi) is 11.0. The largest absolute Gasteiger partial charge is 0.491 e. The molecule has 0 aliphatic carbocycles. The SMILES string of the molecule is CCOCCOc1cccc(C(=O)NC(=S)N2CCNC(=O)C2CC(=O)OCCC(C)C)c1. The Balaban J connectivity index is 1.96. The molecule has 2 rings (SSSR count). The predicted octanol–water partition coefficient (Wildman–Crippen LogP) is 1.90. The second kappa shape index (κ2) is 13.7. The molecule has 33 heavy (non-hydrogen) atoms. The van der Waals surface area contributed by atoms with Gasteiger partial charge < -0.3 is 24.4 Å². The van der Waals surface area contributed by atoms with Crippen LogP contribution >= 0.6 is 12.2 Å². The Morgan fingerprint density at radius 3 is 2.79 bits per heavy atom. The zero-order valence-electron chi connectivity index (χ0n) is 19.4. The molecule has 1 heterocycles. The first-order valence-electron chi connectivity index (χ1n) is 11.2. The topological polar surface area (TPSA) is 106 Å². The average molecular weight is 480 g/mol. The number of rotatable bonds is 11. The number of amides is 2. The summed E-state index contributed by atoms with van der Waals surface area (Å²) in [6.07, 6.45) is 0.596. The molecule has 2 N–H and O–H groups in total. The Labute approximate surface area is 200 Å². The number of esters is 1. The van der Waals surface area contributed by atoms with Gasteiger partial charge in [0, 0.05) is 25.3 Å². The minimum Gasteiger partial charge on any atom is -0.491 e. The van der Waals surface area contributed by atoms with Gasteiger partial charge in [-0.2, -0.15) is 0 Å². The molecule has 0 bridgehead atoms. The van der Waals surface area contributed by atoms with Crippen LogP contribution in [0.15, 0.2) is 24.3 Å². The van der Waals surface area contributed by atoms with E-state index in [2.05, 4.69) is 10.6 Å². The monoisotopic (exact) mass is 479 g/mol. The van der Waals surface area contributed by atoms with Crippen molar-refractivity contribution >= 4 is 35.1 Å². The third kappa shape index (κ3) is 8.97. The smallest absolute Gasteiger partial charge is 0.308 e. The van der Waals surface area contributed by atoms with Crippen molar-refractivity contribution < 1.29 is 28.6 Å². The lowest BCUT2D eigenvalue weighted by molar-refractivity contribution is -0.147. The first-order valence-corrected chi connectivity index (χ1v) is 11.6. The number of carbonyl (C=O) groups excluding carboxylic acids is 3. The molecule has 1 fully saturated rings. The summed E-state index contributed by atoms with van der Waals surface area (Å²) in [6, 6.07) is 5.86.